The third-order valence-electron chi connectivity index (χ3n) is 6.17. The lowest BCUT2D eigenvalue weighted by molar-refractivity contribution is -0.156. The van der Waals surface area contributed by atoms with Crippen LogP contribution in [0.15, 0.2) is 47.8 Å². The van der Waals surface area contributed by atoms with Crippen LogP contribution in [-0.2, 0) is 25.5 Å². The summed E-state index contributed by atoms with van der Waals surface area (Å²) in [6.45, 7) is 7.80. The fourth-order valence-corrected chi connectivity index (χ4v) is 6.73. The van der Waals surface area contributed by atoms with Crippen molar-refractivity contribution in [3.05, 3.63) is 58.3 Å². The van der Waals surface area contributed by atoms with Gasteiger partial charge in [-0.15, -0.1) is 23.1 Å². The first kappa shape index (κ1) is 28.2. The Morgan fingerprint density at radius 1 is 1.19 bits per heavy atom. The molecule has 4 atom stereocenters. The molecule has 0 bridgehead atoms. The number of nitrogens with zero attached hydrogens (tertiary/aromatic N) is 1. The zero-order valence-electron chi connectivity index (χ0n) is 21.3. The van der Waals surface area contributed by atoms with E-state index in [0.717, 1.165) is 10.4 Å². The minimum Gasteiger partial charge on any atom is -0.480 e. The first-order valence-electron chi connectivity index (χ1n) is 12.3. The normalized spacial score (nSPS) is 20.4. The molecule has 0 aliphatic carbocycles. The van der Waals surface area contributed by atoms with Crippen molar-refractivity contribution in [3.63, 3.8) is 0 Å². The van der Waals surface area contributed by atoms with Gasteiger partial charge in [-0.25, -0.2) is 4.79 Å². The van der Waals surface area contributed by atoms with Gasteiger partial charge in [-0.2, -0.15) is 0 Å². The van der Waals surface area contributed by atoms with Gasteiger partial charge in [0, 0.05) is 17.2 Å². The van der Waals surface area contributed by atoms with Crippen LogP contribution >= 0.6 is 23.1 Å². The van der Waals surface area contributed by atoms with Crippen LogP contribution < -0.4 is 5.32 Å². The van der Waals surface area contributed by atoms with E-state index in [2.05, 4.69) is 5.32 Å². The Morgan fingerprint density at radius 2 is 1.92 bits per heavy atom. The van der Waals surface area contributed by atoms with Gasteiger partial charge >= 0.3 is 11.9 Å². The van der Waals surface area contributed by atoms with E-state index < -0.39 is 35.5 Å². The van der Waals surface area contributed by atoms with Crippen molar-refractivity contribution in [2.24, 2.45) is 5.41 Å². The highest BCUT2D eigenvalue weighted by Crippen LogP contribution is 2.38. The summed E-state index contributed by atoms with van der Waals surface area (Å²) >= 11 is 3.22. The zero-order valence-corrected chi connectivity index (χ0v) is 22.9. The molecule has 2 aromatic rings. The van der Waals surface area contributed by atoms with Gasteiger partial charge in [-0.05, 0) is 42.2 Å². The molecule has 1 aromatic carbocycles. The molecule has 0 spiro atoms. The second-order valence-corrected chi connectivity index (χ2v) is 12.2. The molecular formula is C27H36N2O5S2. The van der Waals surface area contributed by atoms with Crippen LogP contribution in [0.2, 0.25) is 0 Å². The number of carbonyl (C=O) groups is 3. The minimum absolute atomic E-state index is 0.0460. The Morgan fingerprint density at radius 3 is 2.50 bits per heavy atom. The summed E-state index contributed by atoms with van der Waals surface area (Å²) in [6.07, 6.45) is 1.11. The first-order chi connectivity index (χ1) is 17.1. The van der Waals surface area contributed by atoms with E-state index >= 15 is 0 Å². The summed E-state index contributed by atoms with van der Waals surface area (Å²) in [7, 11) is 0. The molecule has 3 rings (SSSR count). The van der Waals surface area contributed by atoms with Crippen LogP contribution in [-0.4, -0.2) is 64.9 Å². The standard InChI is InChI=1S/C27H36N2O5S2/c1-5-34-26(33)19(14-13-18-10-7-6-8-11-18)28-20-17-36-22(21-12-9-15-35-21)16-29(24(20)30)23(25(31)32)27(2,3)4/h6-12,15,19-20,22-23,28H,5,13-14,16-17H2,1-4H3,(H,31,32). The average molecular weight is 533 g/mol. The lowest BCUT2D eigenvalue weighted by Gasteiger charge is -2.39. The van der Waals surface area contributed by atoms with Gasteiger partial charge in [-0.1, -0.05) is 57.2 Å². The molecule has 1 aliphatic rings. The van der Waals surface area contributed by atoms with Crippen molar-refractivity contribution in [3.8, 4) is 0 Å². The van der Waals surface area contributed by atoms with Crippen LogP contribution in [0.25, 0.3) is 0 Å². The number of aryl methyl sites for hydroxylation is 1. The number of nitrogens with one attached hydrogen (secondary N) is 1. The van der Waals surface area contributed by atoms with Gasteiger partial charge in [0.15, 0.2) is 0 Å². The predicted molar refractivity (Wildman–Crippen MR) is 144 cm³/mol. The highest BCUT2D eigenvalue weighted by molar-refractivity contribution is 7.99. The van der Waals surface area contributed by atoms with Crippen molar-refractivity contribution >= 4 is 40.9 Å². The van der Waals surface area contributed by atoms with Gasteiger partial charge in [0.2, 0.25) is 5.91 Å². The maximum absolute atomic E-state index is 13.9. The molecule has 1 fully saturated rings. The molecular weight excluding hydrogens is 496 g/mol. The Hall–Kier alpha value is -2.36. The Labute approximate surface area is 221 Å². The molecule has 0 radical (unpaired) electrons. The van der Waals surface area contributed by atoms with E-state index in [1.54, 1.807) is 30.0 Å². The summed E-state index contributed by atoms with van der Waals surface area (Å²) < 4.78 is 5.32. The van der Waals surface area contributed by atoms with Crippen LogP contribution in [0.4, 0.5) is 0 Å². The number of thiophene rings is 1. The molecule has 4 unspecified atom stereocenters. The van der Waals surface area contributed by atoms with Gasteiger partial charge in [0.05, 0.1) is 17.9 Å². The number of carboxylic acid groups (broad SMARTS) is 1. The fraction of sp³-hybridized carbons (Fsp3) is 0.519. The third kappa shape index (κ3) is 7.33. The highest BCUT2D eigenvalue weighted by Gasteiger charge is 2.44. The van der Waals surface area contributed by atoms with Crippen molar-refractivity contribution in [2.75, 3.05) is 18.9 Å². The largest absolute Gasteiger partial charge is 0.480 e. The summed E-state index contributed by atoms with van der Waals surface area (Å²) in [6, 6.07) is 11.4. The van der Waals surface area contributed by atoms with E-state index in [4.69, 9.17) is 4.74 Å². The predicted octanol–water partition coefficient (Wildman–Crippen LogP) is 4.39. The van der Waals surface area contributed by atoms with E-state index in [9.17, 15) is 19.5 Å². The molecule has 2 N–H and O–H groups in total. The van der Waals surface area contributed by atoms with Gasteiger partial charge in [0.25, 0.3) is 0 Å². The second kappa shape index (κ2) is 12.7. The summed E-state index contributed by atoms with van der Waals surface area (Å²) in [4.78, 5) is 41.7. The van der Waals surface area contributed by atoms with Gasteiger partial charge < -0.3 is 14.7 Å². The average Bonchev–Trinajstić information content (AvgIpc) is 3.31. The number of benzene rings is 1. The Bertz CT molecular complexity index is 1010. The quantitative estimate of drug-likeness (QED) is 0.438. The number of rotatable bonds is 10. The smallest absolute Gasteiger partial charge is 0.326 e. The first-order valence-corrected chi connectivity index (χ1v) is 14.2. The number of ether oxygens (including phenoxy) is 1. The molecule has 36 heavy (non-hydrogen) atoms. The van der Waals surface area contributed by atoms with E-state index in [0.29, 0.717) is 25.1 Å². The monoisotopic (exact) mass is 532 g/mol. The van der Waals surface area contributed by atoms with Crippen LogP contribution in [0.3, 0.4) is 0 Å². The fourth-order valence-electron chi connectivity index (χ4n) is 4.49. The maximum atomic E-state index is 13.9. The van der Waals surface area contributed by atoms with Crippen LogP contribution in [0.5, 0.6) is 0 Å². The lowest BCUT2D eigenvalue weighted by atomic mass is 9.85. The number of hydrogen-bond donors (Lipinski definition) is 2. The summed E-state index contributed by atoms with van der Waals surface area (Å²) in [5.41, 5.74) is 0.419. The van der Waals surface area contributed by atoms with E-state index in [-0.39, 0.29) is 17.8 Å². The Balaban J connectivity index is 1.88. The number of esters is 1. The van der Waals surface area contributed by atoms with Crippen LogP contribution in [0.1, 0.15) is 49.8 Å². The van der Waals surface area contributed by atoms with Crippen molar-refractivity contribution < 1.29 is 24.2 Å². The molecule has 7 nitrogen and oxygen atoms in total. The lowest BCUT2D eigenvalue weighted by Crippen LogP contribution is -2.59. The molecule has 0 saturated carbocycles. The number of thioether (sulfide) groups is 1. The molecule has 1 amide bonds. The zero-order chi connectivity index (χ0) is 26.3. The number of aliphatic carboxylic acids is 1. The topological polar surface area (TPSA) is 95.9 Å². The van der Waals surface area contributed by atoms with Crippen molar-refractivity contribution in [1.82, 2.24) is 10.2 Å². The summed E-state index contributed by atoms with van der Waals surface area (Å²) in [5, 5.41) is 15.3. The number of carbonyl (C=O) groups excluding carboxylic acids is 2. The number of carboxylic acids is 1. The number of amides is 1. The Kier molecular flexibility index (Phi) is 9.99. The van der Waals surface area contributed by atoms with Crippen molar-refractivity contribution in [1.29, 1.82) is 0 Å². The van der Waals surface area contributed by atoms with E-state index in [1.807, 2.05) is 68.6 Å². The molecule has 196 valence electrons. The second-order valence-electron chi connectivity index (χ2n) is 9.98. The molecule has 2 heterocycles. The van der Waals surface area contributed by atoms with Gasteiger partial charge in [-0.3, -0.25) is 14.9 Å². The number of hydrogen-bond acceptors (Lipinski definition) is 7. The third-order valence-corrected chi connectivity index (χ3v) is 8.64. The SMILES string of the molecule is CCOC(=O)C(CCc1ccccc1)NC1CSC(c2cccs2)CN(C(C(=O)O)C(C)(C)C)C1=O. The molecule has 1 aromatic heterocycles. The minimum atomic E-state index is -1.03. The summed E-state index contributed by atoms with van der Waals surface area (Å²) in [5.74, 6) is -1.30. The molecule has 1 saturated heterocycles. The van der Waals surface area contributed by atoms with E-state index in [1.165, 1.54) is 4.90 Å². The highest BCUT2D eigenvalue weighted by atomic mass is 32.2. The maximum Gasteiger partial charge on any atom is 0.326 e. The molecule has 1 aliphatic heterocycles. The van der Waals surface area contributed by atoms with Crippen molar-refractivity contribution in [2.45, 2.75) is 63.9 Å². The van der Waals surface area contributed by atoms with Crippen LogP contribution in [0, 0.1) is 5.41 Å². The molecule has 9 heteroatoms. The van der Waals surface area contributed by atoms with Gasteiger partial charge in [0.1, 0.15) is 12.1 Å².